The number of likely N-dealkylation sites (N-methyl/N-ethyl adjacent to an activating group) is 1. The quantitative estimate of drug-likeness (QED) is 0.149. The second kappa shape index (κ2) is 22.3. The SMILES string of the molecule is CN[C@@H](C)C(=O)N[C@H]1CN(C(=O)Nc2ccc(NC(=O)N3CCC(=O)N4[C@H](CC[C@H]4C(=O)N[C@H]4CCC[C@H]4c4ccccc4)CC3)cc2)CC[C@H]2CC[C@@H](C(=O)N[C@H]3CCC[C@H]3c3ccccc3)N2C1=O. The average Bonchev–Trinajstić information content (AvgIpc) is 4.21. The fourth-order valence-corrected chi connectivity index (χ4v) is 12.2. The van der Waals surface area contributed by atoms with Crippen LogP contribution in [-0.2, 0) is 24.0 Å². The molecule has 17 heteroatoms. The molecule has 0 radical (unpaired) electrons. The molecule has 0 spiro atoms. The fourth-order valence-electron chi connectivity index (χ4n) is 12.2. The van der Waals surface area contributed by atoms with Crippen LogP contribution in [0.25, 0.3) is 0 Å². The maximum atomic E-state index is 14.5. The Labute approximate surface area is 416 Å². The van der Waals surface area contributed by atoms with Crippen LogP contribution >= 0.6 is 0 Å². The van der Waals surface area contributed by atoms with Crippen molar-refractivity contribution in [1.82, 2.24) is 40.9 Å². The van der Waals surface area contributed by atoms with E-state index < -0.39 is 36.1 Å². The lowest BCUT2D eigenvalue weighted by molar-refractivity contribution is -0.145. The molecule has 9 rings (SSSR count). The van der Waals surface area contributed by atoms with Gasteiger partial charge in [-0.3, -0.25) is 24.0 Å². The van der Waals surface area contributed by atoms with Crippen molar-refractivity contribution in [1.29, 1.82) is 0 Å². The molecule has 3 aromatic rings. The molecule has 378 valence electrons. The van der Waals surface area contributed by atoms with E-state index in [2.05, 4.69) is 56.2 Å². The number of amides is 9. The van der Waals surface area contributed by atoms with Gasteiger partial charge in [0, 0.05) is 73.4 Å². The van der Waals surface area contributed by atoms with Crippen LogP contribution in [0.5, 0.6) is 0 Å². The van der Waals surface area contributed by atoms with E-state index in [-0.39, 0.29) is 91.7 Å². The molecule has 2 aliphatic carbocycles. The molecule has 9 amide bonds. The van der Waals surface area contributed by atoms with E-state index in [1.165, 1.54) is 16.0 Å². The van der Waals surface area contributed by atoms with Crippen molar-refractivity contribution >= 4 is 53.0 Å². The molecule has 0 aromatic heterocycles. The number of nitrogens with zero attached hydrogens (tertiary/aromatic N) is 4. The summed E-state index contributed by atoms with van der Waals surface area (Å²) in [7, 11) is 1.65. The Kier molecular flexibility index (Phi) is 15.5. The summed E-state index contributed by atoms with van der Waals surface area (Å²) in [5.74, 6) is -0.702. The van der Waals surface area contributed by atoms with Gasteiger partial charge < -0.3 is 51.5 Å². The number of urea groups is 2. The summed E-state index contributed by atoms with van der Waals surface area (Å²) < 4.78 is 0. The van der Waals surface area contributed by atoms with Gasteiger partial charge in [0.25, 0.3) is 0 Å². The van der Waals surface area contributed by atoms with Crippen LogP contribution in [0.15, 0.2) is 84.9 Å². The Bertz CT molecular complexity index is 2410. The molecular weight excluding hydrogens is 901 g/mol. The molecule has 17 nitrogen and oxygen atoms in total. The third-order valence-electron chi connectivity index (χ3n) is 16.2. The Morgan fingerprint density at radius 3 is 1.58 bits per heavy atom. The number of benzene rings is 3. The smallest absolute Gasteiger partial charge is 0.321 e. The number of nitrogens with one attached hydrogen (secondary N) is 6. The molecule has 6 fully saturated rings. The molecule has 2 saturated carbocycles. The minimum Gasteiger partial charge on any atom is -0.351 e. The van der Waals surface area contributed by atoms with Gasteiger partial charge in [0.15, 0.2) is 0 Å². The molecule has 10 atom stereocenters. The third-order valence-corrected chi connectivity index (χ3v) is 16.2. The van der Waals surface area contributed by atoms with Crippen molar-refractivity contribution < 1.29 is 33.6 Å². The lowest BCUT2D eigenvalue weighted by atomic mass is 9.94. The molecule has 6 aliphatic rings. The minimum absolute atomic E-state index is 0.0351. The van der Waals surface area contributed by atoms with Crippen molar-refractivity contribution in [2.24, 2.45) is 0 Å². The summed E-state index contributed by atoms with van der Waals surface area (Å²) in [6.45, 7) is 2.52. The van der Waals surface area contributed by atoms with E-state index in [9.17, 15) is 33.6 Å². The molecule has 0 bridgehead atoms. The van der Waals surface area contributed by atoms with Gasteiger partial charge >= 0.3 is 12.1 Å². The van der Waals surface area contributed by atoms with E-state index in [0.29, 0.717) is 56.4 Å². The molecule has 71 heavy (non-hydrogen) atoms. The number of carbonyl (C=O) groups is 7. The highest BCUT2D eigenvalue weighted by molar-refractivity contribution is 5.96. The van der Waals surface area contributed by atoms with E-state index in [1.54, 1.807) is 52.9 Å². The van der Waals surface area contributed by atoms with Crippen molar-refractivity contribution in [3.63, 3.8) is 0 Å². The maximum absolute atomic E-state index is 14.5. The molecule has 4 saturated heterocycles. The van der Waals surface area contributed by atoms with E-state index in [0.717, 1.165) is 38.5 Å². The van der Waals surface area contributed by atoms with Gasteiger partial charge in [-0.05, 0) is 114 Å². The van der Waals surface area contributed by atoms with Crippen molar-refractivity contribution in [3.05, 3.63) is 96.1 Å². The predicted octanol–water partition coefficient (Wildman–Crippen LogP) is 5.27. The Balaban J connectivity index is 0.784. The van der Waals surface area contributed by atoms with Crippen LogP contribution < -0.4 is 31.9 Å². The fraction of sp³-hybridized carbons (Fsp3) is 0.537. The van der Waals surface area contributed by atoms with Gasteiger partial charge in [0.1, 0.15) is 18.1 Å². The van der Waals surface area contributed by atoms with Crippen molar-refractivity contribution in [2.45, 2.75) is 151 Å². The molecule has 6 N–H and O–H groups in total. The zero-order valence-corrected chi connectivity index (χ0v) is 41.0. The monoisotopic (exact) mass is 971 g/mol. The number of rotatable bonds is 11. The number of hydrogen-bond donors (Lipinski definition) is 6. The van der Waals surface area contributed by atoms with Gasteiger partial charge in [-0.15, -0.1) is 0 Å². The average molecular weight is 971 g/mol. The molecular formula is C54H70N10O7. The van der Waals surface area contributed by atoms with E-state index >= 15 is 0 Å². The van der Waals surface area contributed by atoms with Gasteiger partial charge in [0.05, 0.1) is 12.6 Å². The van der Waals surface area contributed by atoms with Crippen molar-refractivity contribution in [2.75, 3.05) is 43.9 Å². The third kappa shape index (κ3) is 11.2. The first-order valence-electron chi connectivity index (χ1n) is 26.0. The first-order chi connectivity index (χ1) is 34.4. The molecule has 4 heterocycles. The van der Waals surface area contributed by atoms with Crippen LogP contribution in [0.1, 0.15) is 113 Å². The van der Waals surface area contributed by atoms with Crippen LogP contribution in [0.2, 0.25) is 0 Å². The van der Waals surface area contributed by atoms with Crippen LogP contribution in [0.4, 0.5) is 21.0 Å². The second-order valence-corrected chi connectivity index (χ2v) is 20.4. The lowest BCUT2D eigenvalue weighted by Gasteiger charge is -2.39. The Hall–Kier alpha value is -6.49. The lowest BCUT2D eigenvalue weighted by Crippen LogP contribution is -2.62. The summed E-state index contributed by atoms with van der Waals surface area (Å²) in [5.41, 5.74) is 3.39. The summed E-state index contributed by atoms with van der Waals surface area (Å²) in [6.07, 6.45) is 9.34. The summed E-state index contributed by atoms with van der Waals surface area (Å²) >= 11 is 0. The molecule has 4 aliphatic heterocycles. The van der Waals surface area contributed by atoms with Gasteiger partial charge in [-0.1, -0.05) is 73.5 Å². The summed E-state index contributed by atoms with van der Waals surface area (Å²) in [5, 5.41) is 18.3. The number of carbonyl (C=O) groups excluding carboxylic acids is 7. The Morgan fingerprint density at radius 2 is 1.04 bits per heavy atom. The molecule has 3 aromatic carbocycles. The highest BCUT2D eigenvalue weighted by Crippen LogP contribution is 2.38. The number of anilines is 2. The zero-order valence-electron chi connectivity index (χ0n) is 41.0. The van der Waals surface area contributed by atoms with Gasteiger partial charge in [-0.25, -0.2) is 9.59 Å². The summed E-state index contributed by atoms with van der Waals surface area (Å²) in [4.78, 5) is 104. The second-order valence-electron chi connectivity index (χ2n) is 20.4. The van der Waals surface area contributed by atoms with Crippen LogP contribution in [-0.4, -0.2) is 143 Å². The van der Waals surface area contributed by atoms with Gasteiger partial charge in [-0.2, -0.15) is 0 Å². The minimum atomic E-state index is -1.09. The van der Waals surface area contributed by atoms with Gasteiger partial charge in [0.2, 0.25) is 29.5 Å². The first-order valence-corrected chi connectivity index (χ1v) is 26.0. The standard InChI is InChI=1S/C54H70N10O7/c1-34(55-2)49(66)60-45-33-62(31-28-40-24-26-47(64(40)52(45)69)51(68)59-44-18-10-16-42(44)36-13-7-4-8-14-36)54(71)57-38-21-19-37(20-22-38)56-53(70)61-30-27-39-23-25-46(63(39)48(65)29-32-61)50(67)58-43-17-9-15-41(43)35-11-5-3-6-12-35/h3-8,11-14,19-22,34,39-47,55H,9-10,15-18,23-33H2,1-2H3,(H,56,70)(H,57,71)(H,58,67)(H,59,68)(H,60,66)/t34-,39+,40+,41-,42-,43-,44-,45-,46-,47-/m0/s1. The predicted molar refractivity (Wildman–Crippen MR) is 269 cm³/mol. The normalized spacial score (nSPS) is 28.1. The highest BCUT2D eigenvalue weighted by atomic mass is 16.2. The topological polar surface area (TPSA) is 205 Å². The van der Waals surface area contributed by atoms with Crippen LogP contribution in [0.3, 0.4) is 0 Å². The first kappa shape index (κ1) is 49.5. The Morgan fingerprint density at radius 1 is 0.549 bits per heavy atom. The van der Waals surface area contributed by atoms with E-state index in [4.69, 9.17) is 0 Å². The largest absolute Gasteiger partial charge is 0.351 e. The van der Waals surface area contributed by atoms with Crippen molar-refractivity contribution in [3.8, 4) is 0 Å². The zero-order chi connectivity index (χ0) is 49.6. The molecule has 0 unspecified atom stereocenters. The number of fused-ring (bicyclic) bond motifs is 2. The maximum Gasteiger partial charge on any atom is 0.321 e. The number of hydrogen-bond acceptors (Lipinski definition) is 8. The highest BCUT2D eigenvalue weighted by Gasteiger charge is 2.47. The van der Waals surface area contributed by atoms with Crippen LogP contribution in [0, 0.1) is 0 Å². The summed E-state index contributed by atoms with van der Waals surface area (Å²) in [6, 6.07) is 23.1. The van der Waals surface area contributed by atoms with E-state index in [1.807, 2.05) is 36.4 Å².